The number of rotatable bonds is 10. The number of morpholine rings is 1. The normalized spacial score (nSPS) is 19.1. The topological polar surface area (TPSA) is 101 Å². The predicted molar refractivity (Wildman–Crippen MR) is 133 cm³/mol. The summed E-state index contributed by atoms with van der Waals surface area (Å²) in [6.45, 7) is 6.80. The lowest BCUT2D eigenvalue weighted by Gasteiger charge is -2.31. The first kappa shape index (κ1) is 25.4. The van der Waals surface area contributed by atoms with Crippen molar-refractivity contribution in [1.29, 1.82) is 0 Å². The van der Waals surface area contributed by atoms with Gasteiger partial charge < -0.3 is 14.6 Å². The van der Waals surface area contributed by atoms with Gasteiger partial charge in [-0.2, -0.15) is 0 Å². The molecule has 2 N–H and O–H groups in total. The smallest absolute Gasteiger partial charge is 0.263 e. The zero-order valence-electron chi connectivity index (χ0n) is 19.8. The second-order valence-electron chi connectivity index (χ2n) is 9.29. The Labute approximate surface area is 206 Å². The van der Waals surface area contributed by atoms with E-state index in [9.17, 15) is 13.5 Å². The molecule has 34 heavy (non-hydrogen) atoms. The third-order valence-electron chi connectivity index (χ3n) is 6.49. The quantitative estimate of drug-likeness (QED) is 0.472. The van der Waals surface area contributed by atoms with Crippen molar-refractivity contribution in [1.82, 2.24) is 9.88 Å². The summed E-state index contributed by atoms with van der Waals surface area (Å²) in [5.74, 6) is 0.663. The molecule has 1 aromatic heterocycles. The van der Waals surface area contributed by atoms with Crippen LogP contribution in [-0.2, 0) is 21.2 Å². The summed E-state index contributed by atoms with van der Waals surface area (Å²) in [5, 5.41) is 12.9. The minimum Gasteiger partial charge on any atom is -0.494 e. The van der Waals surface area contributed by atoms with Crippen LogP contribution in [0.15, 0.2) is 28.5 Å². The molecule has 1 aliphatic heterocycles. The van der Waals surface area contributed by atoms with Crippen LogP contribution in [0.5, 0.6) is 5.75 Å². The Morgan fingerprint density at radius 3 is 2.74 bits per heavy atom. The maximum absolute atomic E-state index is 13.0. The first-order valence-electron chi connectivity index (χ1n) is 12.1. The summed E-state index contributed by atoms with van der Waals surface area (Å²) in [7, 11) is -3.77. The lowest BCUT2D eigenvalue weighted by Crippen LogP contribution is -2.37. The van der Waals surface area contributed by atoms with Crippen molar-refractivity contribution >= 4 is 26.5 Å². The molecule has 2 aromatic rings. The molecule has 0 spiro atoms. The Kier molecular flexibility index (Phi) is 8.47. The summed E-state index contributed by atoms with van der Waals surface area (Å²) in [6.07, 6.45) is 6.10. The number of aliphatic hydroxyl groups is 1. The first-order chi connectivity index (χ1) is 16.3. The summed E-state index contributed by atoms with van der Waals surface area (Å²) in [4.78, 5) is 6.99. The van der Waals surface area contributed by atoms with Gasteiger partial charge in [0, 0.05) is 31.4 Å². The maximum atomic E-state index is 13.0. The molecule has 0 bridgehead atoms. The van der Waals surface area contributed by atoms with E-state index in [-0.39, 0.29) is 4.90 Å². The van der Waals surface area contributed by atoms with Gasteiger partial charge >= 0.3 is 0 Å². The Morgan fingerprint density at radius 1 is 1.24 bits per heavy atom. The fourth-order valence-corrected chi connectivity index (χ4v) is 6.84. The molecule has 2 fully saturated rings. The number of nitrogens with one attached hydrogen (secondary N) is 1. The highest BCUT2D eigenvalue weighted by Gasteiger charge is 2.30. The van der Waals surface area contributed by atoms with Crippen LogP contribution in [0.25, 0.3) is 0 Å². The Morgan fingerprint density at radius 2 is 2.00 bits per heavy atom. The second kappa shape index (κ2) is 11.3. The largest absolute Gasteiger partial charge is 0.494 e. The molecule has 1 saturated carbocycles. The zero-order chi connectivity index (χ0) is 24.0. The van der Waals surface area contributed by atoms with Gasteiger partial charge in [-0.1, -0.05) is 19.3 Å². The van der Waals surface area contributed by atoms with E-state index in [1.54, 1.807) is 25.1 Å². The van der Waals surface area contributed by atoms with Gasteiger partial charge in [0.1, 0.15) is 5.75 Å². The number of anilines is 1. The number of ether oxygens (including phenoxy) is 2. The van der Waals surface area contributed by atoms with Crippen LogP contribution >= 0.6 is 11.3 Å². The molecule has 2 aliphatic rings. The summed E-state index contributed by atoms with van der Waals surface area (Å²) >= 11 is 1.24. The van der Waals surface area contributed by atoms with Crippen LogP contribution in [0.3, 0.4) is 0 Å². The summed E-state index contributed by atoms with van der Waals surface area (Å²) < 4.78 is 39.8. The van der Waals surface area contributed by atoms with Crippen LogP contribution in [0, 0.1) is 6.92 Å². The van der Waals surface area contributed by atoms with E-state index in [1.165, 1.54) is 11.3 Å². The third kappa shape index (κ3) is 6.91. The van der Waals surface area contributed by atoms with Gasteiger partial charge in [-0.05, 0) is 49.9 Å². The Hall–Kier alpha value is -1.72. The van der Waals surface area contributed by atoms with Crippen LogP contribution < -0.4 is 9.46 Å². The molecule has 10 heteroatoms. The van der Waals surface area contributed by atoms with Crippen LogP contribution in [0.2, 0.25) is 0 Å². The molecule has 0 radical (unpaired) electrons. The molecule has 1 saturated heterocycles. The number of hydrogen-bond acceptors (Lipinski definition) is 8. The number of benzene rings is 1. The highest BCUT2D eigenvalue weighted by Crippen LogP contribution is 2.32. The van der Waals surface area contributed by atoms with E-state index >= 15 is 0 Å². The monoisotopic (exact) mass is 509 g/mol. The number of thiazole rings is 1. The van der Waals surface area contributed by atoms with Crippen molar-refractivity contribution in [3.63, 3.8) is 0 Å². The first-order valence-corrected chi connectivity index (χ1v) is 14.4. The zero-order valence-corrected chi connectivity index (χ0v) is 21.4. The maximum Gasteiger partial charge on any atom is 0.263 e. The Balaban J connectivity index is 1.31. The molecule has 4 rings (SSSR count). The van der Waals surface area contributed by atoms with Gasteiger partial charge in [0.15, 0.2) is 5.13 Å². The van der Waals surface area contributed by atoms with Crippen LogP contribution in [-0.4, -0.2) is 68.5 Å². The van der Waals surface area contributed by atoms with Gasteiger partial charge in [-0.15, -0.1) is 11.3 Å². The summed E-state index contributed by atoms with van der Waals surface area (Å²) in [5.41, 5.74) is 0.619. The highest BCUT2D eigenvalue weighted by atomic mass is 32.2. The molecular weight excluding hydrogens is 474 g/mol. The van der Waals surface area contributed by atoms with Crippen molar-refractivity contribution < 1.29 is 23.0 Å². The second-order valence-corrected chi connectivity index (χ2v) is 11.8. The minimum absolute atomic E-state index is 0.204. The molecule has 2 heterocycles. The van der Waals surface area contributed by atoms with Gasteiger partial charge in [-0.3, -0.25) is 9.62 Å². The molecule has 1 aliphatic carbocycles. The summed E-state index contributed by atoms with van der Waals surface area (Å²) in [6, 6.07) is 5.03. The van der Waals surface area contributed by atoms with Crippen molar-refractivity contribution in [2.75, 3.05) is 44.2 Å². The van der Waals surface area contributed by atoms with Gasteiger partial charge in [0.05, 0.1) is 36.0 Å². The standard InChI is InChI=1S/C24H35N3O5S2/c1-19-16-21(32-13-5-10-27-11-14-31-15-12-27)6-7-22(19)34(29,30)26-23-25-20(18-33-23)17-24(28)8-3-2-4-9-24/h6-7,16,18,28H,2-5,8-15,17H2,1H3,(H,25,26). The molecule has 1 aromatic carbocycles. The number of aryl methyl sites for hydroxylation is 1. The average Bonchev–Trinajstić information content (AvgIpc) is 3.23. The van der Waals surface area contributed by atoms with Crippen LogP contribution in [0.4, 0.5) is 5.13 Å². The lowest BCUT2D eigenvalue weighted by molar-refractivity contribution is 0.00381. The fourth-order valence-electron chi connectivity index (χ4n) is 4.64. The van der Waals surface area contributed by atoms with E-state index in [2.05, 4.69) is 14.6 Å². The highest BCUT2D eigenvalue weighted by molar-refractivity contribution is 7.93. The van der Waals surface area contributed by atoms with Gasteiger partial charge in [-0.25, -0.2) is 13.4 Å². The number of nitrogens with zero attached hydrogens (tertiary/aromatic N) is 2. The molecule has 188 valence electrons. The van der Waals surface area contributed by atoms with Crippen LogP contribution in [0.1, 0.15) is 49.8 Å². The van der Waals surface area contributed by atoms with E-state index in [4.69, 9.17) is 9.47 Å². The van der Waals surface area contributed by atoms with Crippen molar-refractivity contribution in [2.45, 2.75) is 62.4 Å². The predicted octanol–water partition coefficient (Wildman–Crippen LogP) is 3.59. The van der Waals surface area contributed by atoms with E-state index in [0.29, 0.717) is 29.5 Å². The van der Waals surface area contributed by atoms with Gasteiger partial charge in [0.25, 0.3) is 10.0 Å². The number of aromatic nitrogens is 1. The molecule has 8 nitrogen and oxygen atoms in total. The minimum atomic E-state index is -3.77. The fraction of sp³-hybridized carbons (Fsp3) is 0.625. The third-order valence-corrected chi connectivity index (χ3v) is 8.93. The SMILES string of the molecule is Cc1cc(OCCCN2CCOCC2)ccc1S(=O)(=O)Nc1nc(CC2(O)CCCCC2)cs1. The molecule has 0 atom stereocenters. The number of sulfonamides is 1. The van der Waals surface area contributed by atoms with E-state index in [0.717, 1.165) is 77.1 Å². The van der Waals surface area contributed by atoms with Gasteiger partial charge in [0.2, 0.25) is 0 Å². The molecular formula is C24H35N3O5S2. The van der Waals surface area contributed by atoms with Crippen molar-refractivity contribution in [2.24, 2.45) is 0 Å². The van der Waals surface area contributed by atoms with Crippen molar-refractivity contribution in [3.8, 4) is 5.75 Å². The lowest BCUT2D eigenvalue weighted by atomic mass is 9.82. The van der Waals surface area contributed by atoms with E-state index in [1.807, 2.05) is 5.38 Å². The number of hydrogen-bond donors (Lipinski definition) is 2. The molecule has 0 amide bonds. The van der Waals surface area contributed by atoms with Crippen molar-refractivity contribution in [3.05, 3.63) is 34.8 Å². The average molecular weight is 510 g/mol. The molecule has 0 unspecified atom stereocenters. The van der Waals surface area contributed by atoms with E-state index < -0.39 is 15.6 Å². The Bertz CT molecular complexity index is 1040.